The summed E-state index contributed by atoms with van der Waals surface area (Å²) in [5.41, 5.74) is 5.74. The van der Waals surface area contributed by atoms with Gasteiger partial charge in [0.1, 0.15) is 23.9 Å². The van der Waals surface area contributed by atoms with E-state index >= 15 is 0 Å². The number of rotatable bonds is 13. The number of carboxylic acid groups (broad SMARTS) is 2. The Morgan fingerprint density at radius 3 is 2.06 bits per heavy atom. The van der Waals surface area contributed by atoms with Crippen LogP contribution in [0.25, 0.3) is 0 Å². The predicted octanol–water partition coefficient (Wildman–Crippen LogP) is -2.42. The SMILES string of the molecule is NC(=O)CC(NC(=O)C(Cc1ccc(O)cc1)NC(=O)C1CCCN1)C(=O)NC(CC(=O)O)C(=O)O. The molecule has 1 aromatic rings. The number of hydrogen-bond donors (Lipinski definition) is 8. The lowest BCUT2D eigenvalue weighted by Gasteiger charge is -2.24. The molecule has 14 nitrogen and oxygen atoms in total. The van der Waals surface area contributed by atoms with Crippen LogP contribution in [0.15, 0.2) is 24.3 Å². The molecule has 2 rings (SSSR count). The van der Waals surface area contributed by atoms with Crippen molar-refractivity contribution >= 4 is 35.6 Å². The molecule has 1 heterocycles. The molecule has 0 bridgehead atoms. The molecule has 4 unspecified atom stereocenters. The number of primary amides is 1. The molecule has 0 aromatic heterocycles. The Morgan fingerprint density at radius 2 is 1.53 bits per heavy atom. The quantitative estimate of drug-likeness (QED) is 0.140. The van der Waals surface area contributed by atoms with E-state index in [4.69, 9.17) is 15.9 Å². The van der Waals surface area contributed by atoms with Crippen LogP contribution in [-0.2, 0) is 35.2 Å². The van der Waals surface area contributed by atoms with E-state index in [1.165, 1.54) is 24.3 Å². The fourth-order valence-electron chi connectivity index (χ4n) is 3.59. The van der Waals surface area contributed by atoms with Gasteiger partial charge in [-0.25, -0.2) is 4.79 Å². The Bertz CT molecular complexity index is 992. The van der Waals surface area contributed by atoms with E-state index in [1.54, 1.807) is 0 Å². The number of carbonyl (C=O) groups is 6. The minimum atomic E-state index is -1.82. The number of hydrogen-bond acceptors (Lipinski definition) is 8. The summed E-state index contributed by atoms with van der Waals surface area (Å²) in [6, 6.07) is 0.682. The molecule has 1 aliphatic rings. The summed E-state index contributed by atoms with van der Waals surface area (Å²) in [6.07, 6.45) is -0.347. The summed E-state index contributed by atoms with van der Waals surface area (Å²) in [5.74, 6) is -6.56. The van der Waals surface area contributed by atoms with Gasteiger partial charge in [-0.3, -0.25) is 24.0 Å². The summed E-state index contributed by atoms with van der Waals surface area (Å²) >= 11 is 0. The number of benzene rings is 1. The Labute approximate surface area is 205 Å². The summed E-state index contributed by atoms with van der Waals surface area (Å²) < 4.78 is 0. The van der Waals surface area contributed by atoms with Crippen molar-refractivity contribution in [3.8, 4) is 5.75 Å². The van der Waals surface area contributed by atoms with Gasteiger partial charge in [0.25, 0.3) is 0 Å². The highest BCUT2D eigenvalue weighted by Crippen LogP contribution is 2.13. The molecule has 36 heavy (non-hydrogen) atoms. The number of amides is 4. The number of nitrogens with one attached hydrogen (secondary N) is 4. The Morgan fingerprint density at radius 1 is 0.917 bits per heavy atom. The molecule has 1 aliphatic heterocycles. The van der Waals surface area contributed by atoms with E-state index in [1.807, 2.05) is 5.32 Å². The van der Waals surface area contributed by atoms with Crippen LogP contribution in [0.2, 0.25) is 0 Å². The van der Waals surface area contributed by atoms with Gasteiger partial charge in [-0.15, -0.1) is 0 Å². The van der Waals surface area contributed by atoms with E-state index in [0.29, 0.717) is 18.5 Å². The fourth-order valence-corrected chi connectivity index (χ4v) is 3.59. The smallest absolute Gasteiger partial charge is 0.326 e. The zero-order chi connectivity index (χ0) is 26.8. The predicted molar refractivity (Wildman–Crippen MR) is 122 cm³/mol. The third-order valence-electron chi connectivity index (χ3n) is 5.42. The third-order valence-corrected chi connectivity index (χ3v) is 5.42. The van der Waals surface area contributed by atoms with Crippen molar-refractivity contribution in [1.82, 2.24) is 21.3 Å². The average Bonchev–Trinajstić information content (AvgIpc) is 3.33. The lowest BCUT2D eigenvalue weighted by Crippen LogP contribution is -2.58. The Balaban J connectivity index is 2.21. The van der Waals surface area contributed by atoms with Crippen LogP contribution >= 0.6 is 0 Å². The number of phenols is 1. The van der Waals surface area contributed by atoms with Crippen LogP contribution in [0.3, 0.4) is 0 Å². The molecule has 0 aliphatic carbocycles. The van der Waals surface area contributed by atoms with Crippen molar-refractivity contribution in [2.75, 3.05) is 6.54 Å². The van der Waals surface area contributed by atoms with Crippen molar-refractivity contribution in [2.45, 2.75) is 56.3 Å². The molecule has 0 radical (unpaired) electrons. The van der Waals surface area contributed by atoms with Crippen molar-refractivity contribution in [3.63, 3.8) is 0 Å². The molecule has 196 valence electrons. The minimum absolute atomic E-state index is 0.00789. The maximum absolute atomic E-state index is 13.1. The highest BCUT2D eigenvalue weighted by atomic mass is 16.4. The Kier molecular flexibility index (Phi) is 10.2. The van der Waals surface area contributed by atoms with Gasteiger partial charge in [-0.2, -0.15) is 0 Å². The van der Waals surface area contributed by atoms with Gasteiger partial charge in [0, 0.05) is 6.42 Å². The lowest BCUT2D eigenvalue weighted by molar-refractivity contribution is -0.147. The summed E-state index contributed by atoms with van der Waals surface area (Å²) in [7, 11) is 0. The van der Waals surface area contributed by atoms with E-state index in [2.05, 4.69) is 16.0 Å². The maximum Gasteiger partial charge on any atom is 0.326 e. The molecule has 0 saturated carbocycles. The van der Waals surface area contributed by atoms with E-state index < -0.39 is 72.6 Å². The Hall–Kier alpha value is -4.20. The van der Waals surface area contributed by atoms with Crippen molar-refractivity contribution < 1.29 is 44.1 Å². The topological polar surface area (TPSA) is 237 Å². The summed E-state index contributed by atoms with van der Waals surface area (Å²) in [5, 5.41) is 37.4. The minimum Gasteiger partial charge on any atom is -0.508 e. The molecular weight excluding hydrogens is 478 g/mol. The second-order valence-electron chi connectivity index (χ2n) is 8.31. The largest absolute Gasteiger partial charge is 0.508 e. The number of carboxylic acids is 2. The van der Waals surface area contributed by atoms with Crippen molar-refractivity contribution in [2.24, 2.45) is 5.73 Å². The van der Waals surface area contributed by atoms with Crippen LogP contribution in [0.4, 0.5) is 0 Å². The van der Waals surface area contributed by atoms with Crippen LogP contribution in [0.5, 0.6) is 5.75 Å². The molecule has 14 heteroatoms. The molecule has 1 saturated heterocycles. The van der Waals surface area contributed by atoms with Gasteiger partial charge in [0.2, 0.25) is 23.6 Å². The van der Waals surface area contributed by atoms with Gasteiger partial charge in [0.15, 0.2) is 0 Å². The monoisotopic (exact) mass is 507 g/mol. The number of carbonyl (C=O) groups excluding carboxylic acids is 4. The molecule has 1 fully saturated rings. The van der Waals surface area contributed by atoms with Gasteiger partial charge in [-0.1, -0.05) is 12.1 Å². The molecule has 1 aromatic carbocycles. The van der Waals surface area contributed by atoms with E-state index in [0.717, 1.165) is 6.42 Å². The zero-order valence-electron chi connectivity index (χ0n) is 19.2. The molecular formula is C22H29N5O9. The lowest BCUT2D eigenvalue weighted by atomic mass is 10.0. The van der Waals surface area contributed by atoms with Crippen molar-refractivity contribution in [3.05, 3.63) is 29.8 Å². The van der Waals surface area contributed by atoms with Gasteiger partial charge < -0.3 is 42.3 Å². The third kappa shape index (κ3) is 8.87. The zero-order valence-corrected chi connectivity index (χ0v) is 19.2. The standard InChI is InChI=1S/C22H29N5O9/c23-17(29)9-15(21(34)27-16(22(35)36)10-18(30)31)26-20(33)14(8-11-3-5-12(28)6-4-11)25-19(32)13-2-1-7-24-13/h3-6,13-16,24,28H,1-2,7-10H2,(H2,23,29)(H,25,32)(H,26,33)(H,27,34)(H,30,31)(H,35,36). The van der Waals surface area contributed by atoms with Gasteiger partial charge >= 0.3 is 11.9 Å². The molecule has 4 amide bonds. The summed E-state index contributed by atoms with van der Waals surface area (Å²) in [4.78, 5) is 72.1. The van der Waals surface area contributed by atoms with E-state index in [9.17, 15) is 33.9 Å². The first-order chi connectivity index (χ1) is 17.0. The fraction of sp³-hybridized carbons (Fsp3) is 0.455. The number of nitrogens with two attached hydrogens (primary N) is 1. The van der Waals surface area contributed by atoms with Crippen LogP contribution in [0, 0.1) is 0 Å². The molecule has 0 spiro atoms. The normalized spacial score (nSPS) is 17.3. The van der Waals surface area contributed by atoms with Gasteiger partial charge in [0.05, 0.1) is 18.9 Å². The van der Waals surface area contributed by atoms with Crippen LogP contribution in [-0.4, -0.2) is 81.6 Å². The molecule has 4 atom stereocenters. The average molecular weight is 508 g/mol. The second kappa shape index (κ2) is 13.0. The van der Waals surface area contributed by atoms with Crippen LogP contribution in [0.1, 0.15) is 31.2 Å². The highest BCUT2D eigenvalue weighted by molar-refractivity contribution is 5.96. The first-order valence-electron chi connectivity index (χ1n) is 11.1. The van der Waals surface area contributed by atoms with Crippen LogP contribution < -0.4 is 27.0 Å². The first-order valence-corrected chi connectivity index (χ1v) is 11.1. The number of aliphatic carboxylic acids is 2. The number of aromatic hydroxyl groups is 1. The number of phenolic OH excluding ortho intramolecular Hbond substituents is 1. The second-order valence-corrected chi connectivity index (χ2v) is 8.31. The van der Waals surface area contributed by atoms with Crippen molar-refractivity contribution in [1.29, 1.82) is 0 Å². The maximum atomic E-state index is 13.1. The highest BCUT2D eigenvalue weighted by Gasteiger charge is 2.33. The van der Waals surface area contributed by atoms with E-state index in [-0.39, 0.29) is 12.2 Å². The summed E-state index contributed by atoms with van der Waals surface area (Å²) in [6.45, 7) is 0.634. The first kappa shape index (κ1) is 28.0. The van der Waals surface area contributed by atoms with Gasteiger partial charge in [-0.05, 0) is 37.1 Å². The molecule has 9 N–H and O–H groups in total.